The fourth-order valence-electron chi connectivity index (χ4n) is 9.77. The number of rotatable bonds is 29. The second-order valence-corrected chi connectivity index (χ2v) is 20.0. The molecule has 1 aliphatic carbocycles. The largest absolute Gasteiger partial charge is 0.379 e. The predicted octanol–water partition coefficient (Wildman–Crippen LogP) is 4.62. The molecule has 380 valence electrons. The van der Waals surface area contributed by atoms with Gasteiger partial charge < -0.3 is 44.5 Å². The van der Waals surface area contributed by atoms with Crippen molar-refractivity contribution >= 4 is 48.0 Å². The van der Waals surface area contributed by atoms with Crippen LogP contribution in [0.4, 0.5) is 0 Å². The molecule has 0 bridgehead atoms. The van der Waals surface area contributed by atoms with Gasteiger partial charge in [0.25, 0.3) is 0 Å². The molecule has 1 saturated heterocycles. The van der Waals surface area contributed by atoms with E-state index in [4.69, 9.17) is 9.47 Å². The van der Waals surface area contributed by atoms with E-state index in [1.807, 2.05) is 76.8 Å². The number of likely N-dealkylation sites (tertiary alicyclic amines) is 1. The zero-order valence-corrected chi connectivity index (χ0v) is 42.9. The molecule has 16 heteroatoms. The van der Waals surface area contributed by atoms with Gasteiger partial charge in [-0.15, -0.1) is 0 Å². The Morgan fingerprint density at radius 2 is 1.51 bits per heavy atom. The molecule has 3 rings (SSSR count). The van der Waals surface area contributed by atoms with E-state index in [1.54, 1.807) is 40.1 Å². The van der Waals surface area contributed by atoms with Gasteiger partial charge in [-0.05, 0) is 73.3 Å². The number of unbranched alkanes of at least 4 members (excludes halogenated alkanes) is 2. The standard InChI is InChI=1S/C52H82N6O10/c1-13-36(6)47(57(10)51(66)45(34(2)3)54-50(65)46(35(4)5)56(9)43(62)23-18-15-19-27-55(8)42(61)24-20-28-59)41(67-11)30-44(63)58-33-52(25-26-52)31-40(58)48(68-12)37(7)49(64)53-39(32-60)29-38-21-16-14-17-22-38/h14,16-17,20-22,24,28,32,34-37,39-41,45-48H,13,15,18-19,23,25-27,29-31,33H2,1-12H3,(H,53,64)(H,54,65)/b24-20-/t36-,37+,39-,40-,41+,45-,46?,47-,48+/m0/s1. The number of nitrogens with zero attached hydrogens (tertiary/aromatic N) is 4. The van der Waals surface area contributed by atoms with Crippen LogP contribution in [0.3, 0.4) is 0 Å². The number of aldehydes is 2. The maximum absolute atomic E-state index is 14.7. The van der Waals surface area contributed by atoms with Gasteiger partial charge in [-0.3, -0.25) is 33.6 Å². The van der Waals surface area contributed by atoms with Crippen molar-refractivity contribution in [2.45, 2.75) is 155 Å². The summed E-state index contributed by atoms with van der Waals surface area (Å²) >= 11 is 0. The number of nitrogens with one attached hydrogen (secondary N) is 2. The van der Waals surface area contributed by atoms with Gasteiger partial charge in [0.15, 0.2) is 0 Å². The Labute approximate surface area is 405 Å². The van der Waals surface area contributed by atoms with Crippen LogP contribution in [-0.4, -0.2) is 158 Å². The highest BCUT2D eigenvalue weighted by Crippen LogP contribution is 2.56. The molecule has 1 aromatic carbocycles. The minimum absolute atomic E-state index is 0.0361. The Bertz CT molecular complexity index is 1870. The number of benzene rings is 1. The summed E-state index contributed by atoms with van der Waals surface area (Å²) in [6.45, 7) is 14.2. The number of likely N-dealkylation sites (N-methyl/N-ethyl adjacent to an activating group) is 3. The third kappa shape index (κ3) is 15.8. The lowest BCUT2D eigenvalue weighted by atomic mass is 9.89. The van der Waals surface area contributed by atoms with Crippen LogP contribution in [0.15, 0.2) is 42.5 Å². The number of ether oxygens (including phenoxy) is 2. The number of carbonyl (C=O) groups excluding carboxylic acids is 8. The van der Waals surface area contributed by atoms with Crippen LogP contribution in [0.25, 0.3) is 0 Å². The van der Waals surface area contributed by atoms with Gasteiger partial charge in [-0.25, -0.2) is 0 Å². The van der Waals surface area contributed by atoms with E-state index in [-0.39, 0.29) is 65.5 Å². The normalized spacial score (nSPS) is 18.8. The molecule has 16 nitrogen and oxygen atoms in total. The molecule has 2 N–H and O–H groups in total. The van der Waals surface area contributed by atoms with Crippen LogP contribution >= 0.6 is 0 Å². The lowest BCUT2D eigenvalue weighted by Gasteiger charge is -2.41. The molecule has 6 amide bonds. The Hall–Kier alpha value is -4.96. The predicted molar refractivity (Wildman–Crippen MR) is 261 cm³/mol. The van der Waals surface area contributed by atoms with Crippen molar-refractivity contribution in [2.24, 2.45) is 29.1 Å². The van der Waals surface area contributed by atoms with E-state index in [2.05, 4.69) is 10.6 Å². The van der Waals surface area contributed by atoms with E-state index in [1.165, 1.54) is 23.0 Å². The first-order chi connectivity index (χ1) is 32.2. The molecule has 1 aliphatic heterocycles. The lowest BCUT2D eigenvalue weighted by Crippen LogP contribution is -2.60. The summed E-state index contributed by atoms with van der Waals surface area (Å²) in [5, 5.41) is 5.89. The maximum atomic E-state index is 14.7. The quantitative estimate of drug-likeness (QED) is 0.0651. The van der Waals surface area contributed by atoms with Gasteiger partial charge in [0.2, 0.25) is 35.4 Å². The number of amides is 6. The van der Waals surface area contributed by atoms with Crippen molar-refractivity contribution in [1.29, 1.82) is 0 Å². The van der Waals surface area contributed by atoms with E-state index < -0.39 is 54.2 Å². The van der Waals surface area contributed by atoms with E-state index in [0.717, 1.165) is 30.8 Å². The fraction of sp³-hybridized carbons (Fsp3) is 0.692. The van der Waals surface area contributed by atoms with Crippen molar-refractivity contribution in [2.75, 3.05) is 48.5 Å². The third-order valence-electron chi connectivity index (χ3n) is 14.3. The molecular weight excluding hydrogens is 869 g/mol. The monoisotopic (exact) mass is 951 g/mol. The minimum atomic E-state index is -0.947. The molecule has 1 saturated carbocycles. The van der Waals surface area contributed by atoms with Crippen molar-refractivity contribution in [3.05, 3.63) is 48.0 Å². The lowest BCUT2D eigenvalue weighted by molar-refractivity contribution is -0.148. The van der Waals surface area contributed by atoms with Gasteiger partial charge in [0, 0.05) is 60.9 Å². The van der Waals surface area contributed by atoms with Gasteiger partial charge in [0.05, 0.1) is 42.7 Å². The van der Waals surface area contributed by atoms with Crippen molar-refractivity contribution in [1.82, 2.24) is 30.2 Å². The Kier molecular flexibility index (Phi) is 23.0. The molecule has 1 unspecified atom stereocenters. The zero-order valence-electron chi connectivity index (χ0n) is 42.9. The van der Waals surface area contributed by atoms with Gasteiger partial charge in [-0.1, -0.05) is 91.6 Å². The summed E-state index contributed by atoms with van der Waals surface area (Å²) in [5.74, 6) is -3.16. The summed E-state index contributed by atoms with van der Waals surface area (Å²) < 4.78 is 12.2. The van der Waals surface area contributed by atoms with Crippen LogP contribution in [0, 0.1) is 29.1 Å². The molecule has 68 heavy (non-hydrogen) atoms. The molecule has 2 fully saturated rings. The Balaban J connectivity index is 1.74. The molecule has 1 aromatic rings. The Morgan fingerprint density at radius 1 is 0.853 bits per heavy atom. The molecule has 1 spiro atoms. The molecule has 2 aliphatic rings. The van der Waals surface area contributed by atoms with Gasteiger partial charge in [0.1, 0.15) is 24.7 Å². The number of allylic oxidation sites excluding steroid dienone is 1. The highest BCUT2D eigenvalue weighted by atomic mass is 16.5. The van der Waals surface area contributed by atoms with Crippen LogP contribution < -0.4 is 10.6 Å². The first-order valence-electron chi connectivity index (χ1n) is 24.5. The van der Waals surface area contributed by atoms with Crippen molar-refractivity contribution in [3.8, 4) is 0 Å². The SMILES string of the molecule is CC[C@H](C)[C@@H]([C@@H](CC(=O)N1CC2(CC2)C[C@H]1[C@H](OC)[C@@H](C)C(=O)N[C@H](C=O)Cc1ccccc1)OC)N(C)C(=O)[C@@H](NC(=O)C(C(C)C)N(C)C(=O)CCCCCN(C)C(=O)/C=C\C=O)C(C)C. The fourth-order valence-corrected chi connectivity index (χ4v) is 9.77. The van der Waals surface area contributed by atoms with Crippen molar-refractivity contribution in [3.63, 3.8) is 0 Å². The summed E-state index contributed by atoms with van der Waals surface area (Å²) in [4.78, 5) is 112. The van der Waals surface area contributed by atoms with Crippen LogP contribution in [0.5, 0.6) is 0 Å². The summed E-state index contributed by atoms with van der Waals surface area (Å²) in [6, 6.07) is 5.99. The first kappa shape index (κ1) is 57.4. The molecule has 9 atom stereocenters. The van der Waals surface area contributed by atoms with Crippen LogP contribution in [0.1, 0.15) is 112 Å². The van der Waals surface area contributed by atoms with Gasteiger partial charge in [-0.2, -0.15) is 0 Å². The smallest absolute Gasteiger partial charge is 0.246 e. The summed E-state index contributed by atoms with van der Waals surface area (Å²) in [5.41, 5.74) is 0.869. The van der Waals surface area contributed by atoms with E-state index >= 15 is 0 Å². The molecule has 0 aromatic heterocycles. The highest BCUT2D eigenvalue weighted by Gasteiger charge is 2.56. The van der Waals surface area contributed by atoms with Crippen LogP contribution in [0.2, 0.25) is 0 Å². The number of hydrogen-bond donors (Lipinski definition) is 2. The minimum Gasteiger partial charge on any atom is -0.379 e. The van der Waals surface area contributed by atoms with Crippen LogP contribution in [-0.2, 0) is 54.3 Å². The average molecular weight is 951 g/mol. The zero-order chi connectivity index (χ0) is 50.9. The van der Waals surface area contributed by atoms with Gasteiger partial charge >= 0.3 is 0 Å². The van der Waals surface area contributed by atoms with E-state index in [9.17, 15) is 38.4 Å². The third-order valence-corrected chi connectivity index (χ3v) is 14.3. The average Bonchev–Trinajstić information content (AvgIpc) is 3.97. The summed E-state index contributed by atoms with van der Waals surface area (Å²) in [6.07, 6.45) is 7.98. The molecule has 0 radical (unpaired) electrons. The van der Waals surface area contributed by atoms with E-state index in [0.29, 0.717) is 57.9 Å². The second kappa shape index (κ2) is 27.3. The number of carbonyl (C=O) groups is 8. The molecule has 1 heterocycles. The maximum Gasteiger partial charge on any atom is 0.246 e. The Morgan fingerprint density at radius 3 is 2.06 bits per heavy atom. The number of methoxy groups -OCH3 is 2. The highest BCUT2D eigenvalue weighted by molar-refractivity contribution is 5.93. The summed E-state index contributed by atoms with van der Waals surface area (Å²) in [7, 11) is 8.02. The van der Waals surface area contributed by atoms with Crippen molar-refractivity contribution < 1.29 is 47.8 Å². The topological polar surface area (TPSA) is 192 Å². The first-order valence-corrected chi connectivity index (χ1v) is 24.5. The second-order valence-electron chi connectivity index (χ2n) is 20.0. The number of hydrogen-bond acceptors (Lipinski definition) is 10. The molecular formula is C52H82N6O10.